The van der Waals surface area contributed by atoms with Crippen molar-refractivity contribution < 1.29 is 13.2 Å². The molecular weight excluding hydrogens is 404 g/mol. The summed E-state index contributed by atoms with van der Waals surface area (Å²) in [6.45, 7) is 0. The molecule has 0 fully saturated rings. The first-order valence-electron chi connectivity index (χ1n) is 7.56. The zero-order valence-electron chi connectivity index (χ0n) is 13.4. The quantitative estimate of drug-likeness (QED) is 0.641. The van der Waals surface area contributed by atoms with Gasteiger partial charge in [0.1, 0.15) is 5.69 Å². The fourth-order valence-electron chi connectivity index (χ4n) is 2.28. The first-order valence-corrected chi connectivity index (χ1v) is 8.32. The number of halogens is 5. The molecule has 0 bridgehead atoms. The number of H-pyrrole nitrogens is 1. The zero-order chi connectivity index (χ0) is 19.6. The second-order valence-electron chi connectivity index (χ2n) is 5.57. The van der Waals surface area contributed by atoms with Gasteiger partial charge in [0, 0.05) is 17.1 Å². The van der Waals surface area contributed by atoms with Gasteiger partial charge >= 0.3 is 6.18 Å². The lowest BCUT2D eigenvalue weighted by Crippen LogP contribution is -2.19. The van der Waals surface area contributed by atoms with E-state index in [-0.39, 0.29) is 23.8 Å². The number of hydrogen-bond donors (Lipinski definition) is 2. The second kappa shape index (κ2) is 7.58. The van der Waals surface area contributed by atoms with Gasteiger partial charge in [-0.1, -0.05) is 35.3 Å². The summed E-state index contributed by atoms with van der Waals surface area (Å²) in [4.78, 5) is 14.6. The second-order valence-corrected chi connectivity index (χ2v) is 6.41. The van der Waals surface area contributed by atoms with Crippen LogP contribution in [0.25, 0.3) is 0 Å². The monoisotopic (exact) mass is 414 g/mol. The molecule has 27 heavy (non-hydrogen) atoms. The van der Waals surface area contributed by atoms with E-state index in [2.05, 4.69) is 20.5 Å². The van der Waals surface area contributed by atoms with E-state index in [4.69, 9.17) is 23.2 Å². The third-order valence-electron chi connectivity index (χ3n) is 3.58. The van der Waals surface area contributed by atoms with Crippen molar-refractivity contribution in [2.45, 2.75) is 12.6 Å². The van der Waals surface area contributed by atoms with Crippen molar-refractivity contribution in [2.24, 2.45) is 0 Å². The topological polar surface area (TPSA) is 70.7 Å². The van der Waals surface area contributed by atoms with Crippen LogP contribution >= 0.6 is 23.2 Å². The number of aromatic amines is 1. The van der Waals surface area contributed by atoms with Crippen LogP contribution in [0, 0.1) is 0 Å². The summed E-state index contributed by atoms with van der Waals surface area (Å²) in [6.07, 6.45) is -4.37. The maximum atomic E-state index is 12.9. The van der Waals surface area contributed by atoms with E-state index in [0.29, 0.717) is 5.02 Å². The molecule has 0 spiro atoms. The van der Waals surface area contributed by atoms with Crippen LogP contribution in [-0.4, -0.2) is 15.2 Å². The fraction of sp³-hybridized carbons (Fsp3) is 0.118. The Labute approximate surface area is 161 Å². The number of aromatic nitrogens is 3. The minimum atomic E-state index is -4.60. The van der Waals surface area contributed by atoms with Crippen LogP contribution in [0.15, 0.2) is 47.3 Å². The molecule has 0 aliphatic rings. The Morgan fingerprint density at radius 2 is 1.74 bits per heavy atom. The number of rotatable bonds is 4. The van der Waals surface area contributed by atoms with E-state index >= 15 is 0 Å². The number of alkyl halides is 3. The van der Waals surface area contributed by atoms with Crippen molar-refractivity contribution in [2.75, 3.05) is 5.32 Å². The highest BCUT2D eigenvalue weighted by atomic mass is 35.5. The predicted molar refractivity (Wildman–Crippen MR) is 96.6 cm³/mol. The molecule has 2 N–H and O–H groups in total. The normalized spacial score (nSPS) is 11.4. The first-order chi connectivity index (χ1) is 12.7. The van der Waals surface area contributed by atoms with Crippen molar-refractivity contribution >= 4 is 34.8 Å². The van der Waals surface area contributed by atoms with Crippen molar-refractivity contribution in [1.29, 1.82) is 0 Å². The van der Waals surface area contributed by atoms with E-state index in [9.17, 15) is 18.0 Å². The largest absolute Gasteiger partial charge is 0.417 e. The molecule has 0 unspecified atom stereocenters. The number of hydrogen-bond acceptors (Lipinski definition) is 4. The predicted octanol–water partition coefficient (Wildman–Crippen LogP) is 4.82. The van der Waals surface area contributed by atoms with Gasteiger partial charge in [-0.3, -0.25) is 9.78 Å². The van der Waals surface area contributed by atoms with Gasteiger partial charge in [-0.25, -0.2) is 0 Å². The fourth-order valence-corrected chi connectivity index (χ4v) is 2.64. The summed E-state index contributed by atoms with van der Waals surface area (Å²) in [5.41, 5.74) is -0.471. The number of nitrogens with zero attached hydrogens (tertiary/aromatic N) is 2. The van der Waals surface area contributed by atoms with Crippen LogP contribution in [0.5, 0.6) is 0 Å². The van der Waals surface area contributed by atoms with Crippen molar-refractivity contribution in [1.82, 2.24) is 15.2 Å². The summed E-state index contributed by atoms with van der Waals surface area (Å²) in [5, 5.41) is 10.4. The average Bonchev–Trinajstić information content (AvgIpc) is 2.60. The summed E-state index contributed by atoms with van der Waals surface area (Å²) < 4.78 is 38.7. The van der Waals surface area contributed by atoms with Crippen molar-refractivity contribution in [3.05, 3.63) is 79.7 Å². The van der Waals surface area contributed by atoms with E-state index in [0.717, 1.165) is 17.7 Å². The molecule has 10 heteroatoms. The number of nitrogens with one attached hydrogen (secondary N) is 2. The highest BCUT2D eigenvalue weighted by Crippen LogP contribution is 2.36. The molecule has 0 saturated heterocycles. The van der Waals surface area contributed by atoms with E-state index in [1.807, 2.05) is 0 Å². The van der Waals surface area contributed by atoms with Crippen LogP contribution in [0.2, 0.25) is 10.0 Å². The Morgan fingerprint density at radius 3 is 2.37 bits per heavy atom. The molecule has 0 aliphatic heterocycles. The smallest absolute Gasteiger partial charge is 0.324 e. The Kier molecular flexibility index (Phi) is 5.38. The molecule has 0 atom stereocenters. The molecule has 0 amide bonds. The molecule has 0 aliphatic carbocycles. The summed E-state index contributed by atoms with van der Waals surface area (Å²) in [5.74, 6) is -0.0877. The van der Waals surface area contributed by atoms with Crippen molar-refractivity contribution in [3.8, 4) is 0 Å². The lowest BCUT2D eigenvalue weighted by atomic mass is 10.1. The Bertz CT molecular complexity index is 1020. The SMILES string of the molecule is O=c1[nH]c(Nc2ccc(Cl)c(C(F)(F)F)c2)nnc1Cc1ccc(Cl)cc1. The Morgan fingerprint density at radius 1 is 1.04 bits per heavy atom. The number of anilines is 2. The maximum absolute atomic E-state index is 12.9. The van der Waals surface area contributed by atoms with Gasteiger partial charge in [0.05, 0.1) is 10.6 Å². The van der Waals surface area contributed by atoms with Gasteiger partial charge in [-0.05, 0) is 35.9 Å². The molecule has 5 nitrogen and oxygen atoms in total. The van der Waals surface area contributed by atoms with E-state index < -0.39 is 22.3 Å². The molecule has 140 valence electrons. The molecular formula is C17H11Cl2F3N4O. The third-order valence-corrected chi connectivity index (χ3v) is 4.17. The Balaban J connectivity index is 1.80. The van der Waals surface area contributed by atoms with Crippen molar-refractivity contribution in [3.63, 3.8) is 0 Å². The summed E-state index contributed by atoms with van der Waals surface area (Å²) in [6, 6.07) is 10.1. The van der Waals surface area contributed by atoms with Gasteiger partial charge in [0.25, 0.3) is 5.56 Å². The molecule has 0 radical (unpaired) electrons. The summed E-state index contributed by atoms with van der Waals surface area (Å²) >= 11 is 11.4. The standard InChI is InChI=1S/C17H11Cl2F3N4O/c18-10-3-1-9(2-4-10)7-14-15(27)24-16(26-25-14)23-11-5-6-13(19)12(8-11)17(20,21)22/h1-6,8H,7H2,(H2,23,24,26,27). The Hall–Kier alpha value is -2.58. The van der Waals surface area contributed by atoms with Crippen LogP contribution in [-0.2, 0) is 12.6 Å². The van der Waals surface area contributed by atoms with Crippen LogP contribution in [0.1, 0.15) is 16.8 Å². The third kappa shape index (κ3) is 4.78. The highest BCUT2D eigenvalue weighted by Gasteiger charge is 2.33. The first kappa shape index (κ1) is 19.2. The van der Waals surface area contributed by atoms with E-state index in [1.165, 1.54) is 6.07 Å². The van der Waals surface area contributed by atoms with Gasteiger partial charge < -0.3 is 5.32 Å². The van der Waals surface area contributed by atoms with Gasteiger partial charge in [-0.15, -0.1) is 10.2 Å². The lowest BCUT2D eigenvalue weighted by molar-refractivity contribution is -0.137. The lowest BCUT2D eigenvalue weighted by Gasteiger charge is -2.11. The van der Waals surface area contributed by atoms with E-state index in [1.54, 1.807) is 24.3 Å². The molecule has 1 heterocycles. The molecule has 0 saturated carbocycles. The summed E-state index contributed by atoms with van der Waals surface area (Å²) in [7, 11) is 0. The molecule has 3 aromatic rings. The van der Waals surface area contributed by atoms with Gasteiger partial charge in [0.15, 0.2) is 0 Å². The molecule has 1 aromatic heterocycles. The minimum absolute atomic E-state index is 0.0575. The molecule has 2 aromatic carbocycles. The van der Waals surface area contributed by atoms with Crippen LogP contribution < -0.4 is 10.9 Å². The average molecular weight is 415 g/mol. The maximum Gasteiger partial charge on any atom is 0.417 e. The number of benzene rings is 2. The zero-order valence-corrected chi connectivity index (χ0v) is 15.0. The highest BCUT2D eigenvalue weighted by molar-refractivity contribution is 6.31. The van der Waals surface area contributed by atoms with Gasteiger partial charge in [0.2, 0.25) is 5.95 Å². The van der Waals surface area contributed by atoms with Crippen LogP contribution in [0.3, 0.4) is 0 Å². The minimum Gasteiger partial charge on any atom is -0.324 e. The van der Waals surface area contributed by atoms with Gasteiger partial charge in [-0.2, -0.15) is 13.2 Å². The molecule has 3 rings (SSSR count). The van der Waals surface area contributed by atoms with Crippen LogP contribution in [0.4, 0.5) is 24.8 Å².